The molecule has 1 aromatic heterocycles. The third kappa shape index (κ3) is 5.29. The number of fused-ring (bicyclic) bond motifs is 2. The second kappa shape index (κ2) is 11.3. The van der Waals surface area contributed by atoms with Gasteiger partial charge in [-0.15, -0.1) is 0 Å². The molecule has 5 rings (SSSR count). The number of hydrogen-bond donors (Lipinski definition) is 0. The molecule has 194 valence electrons. The lowest BCUT2D eigenvalue weighted by molar-refractivity contribution is -0.141. The number of rotatable bonds is 6. The van der Waals surface area contributed by atoms with Crippen molar-refractivity contribution in [3.8, 4) is 0 Å². The number of amides is 1. The minimum absolute atomic E-state index is 0.0156. The molecule has 6 nitrogen and oxygen atoms in total. The van der Waals surface area contributed by atoms with Crippen LogP contribution in [0.2, 0.25) is 0 Å². The number of aromatic nitrogens is 1. The number of pyridine rings is 1. The van der Waals surface area contributed by atoms with Gasteiger partial charge in [-0.3, -0.25) is 14.7 Å². The molecule has 2 fully saturated rings. The molecule has 0 unspecified atom stereocenters. The Morgan fingerprint density at radius 3 is 2.28 bits per heavy atom. The summed E-state index contributed by atoms with van der Waals surface area (Å²) in [4.78, 5) is 36.6. The molecule has 2 aromatic rings. The van der Waals surface area contributed by atoms with Gasteiger partial charge >= 0.3 is 5.97 Å². The van der Waals surface area contributed by atoms with Crippen molar-refractivity contribution < 1.29 is 14.3 Å². The van der Waals surface area contributed by atoms with Crippen molar-refractivity contribution in [3.05, 3.63) is 41.1 Å². The Balaban J connectivity index is 1.39. The van der Waals surface area contributed by atoms with Crippen molar-refractivity contribution >= 4 is 22.8 Å². The highest BCUT2D eigenvalue weighted by Crippen LogP contribution is 2.32. The van der Waals surface area contributed by atoms with E-state index >= 15 is 0 Å². The fourth-order valence-electron chi connectivity index (χ4n) is 6.58. The number of ether oxygens (including phenoxy) is 1. The summed E-state index contributed by atoms with van der Waals surface area (Å²) in [5.74, 6) is -0.408. The number of carbonyl (C=O) groups is 2. The first-order valence-electron chi connectivity index (χ1n) is 14.2. The molecular weight excluding hydrogens is 450 g/mol. The minimum Gasteiger partial charge on any atom is -0.452 e. The van der Waals surface area contributed by atoms with Crippen molar-refractivity contribution in [3.63, 3.8) is 0 Å². The number of benzene rings is 1. The molecule has 0 saturated heterocycles. The maximum Gasteiger partial charge on any atom is 0.339 e. The Labute approximate surface area is 215 Å². The van der Waals surface area contributed by atoms with Crippen LogP contribution in [0.5, 0.6) is 0 Å². The summed E-state index contributed by atoms with van der Waals surface area (Å²) in [7, 11) is 0. The molecular formula is C30H41N3O3. The summed E-state index contributed by atoms with van der Waals surface area (Å²) in [6.07, 6.45) is 12.4. The van der Waals surface area contributed by atoms with Crippen molar-refractivity contribution in [2.75, 3.05) is 13.2 Å². The molecule has 1 amide bonds. The predicted molar refractivity (Wildman–Crippen MR) is 142 cm³/mol. The van der Waals surface area contributed by atoms with Crippen LogP contribution in [0.1, 0.15) is 99.7 Å². The Hall–Kier alpha value is -2.47. The fraction of sp³-hybridized carbons (Fsp3) is 0.633. The second-order valence-corrected chi connectivity index (χ2v) is 11.2. The lowest BCUT2D eigenvalue weighted by Crippen LogP contribution is -2.50. The third-order valence-corrected chi connectivity index (χ3v) is 8.56. The highest BCUT2D eigenvalue weighted by atomic mass is 16.5. The highest BCUT2D eigenvalue weighted by molar-refractivity contribution is 6.05. The van der Waals surface area contributed by atoms with E-state index in [0.29, 0.717) is 30.2 Å². The van der Waals surface area contributed by atoms with Crippen LogP contribution < -0.4 is 0 Å². The van der Waals surface area contributed by atoms with Gasteiger partial charge in [0.05, 0.1) is 11.1 Å². The van der Waals surface area contributed by atoms with Gasteiger partial charge in [0.1, 0.15) is 0 Å². The van der Waals surface area contributed by atoms with Crippen LogP contribution in [0.15, 0.2) is 24.3 Å². The molecule has 2 saturated carbocycles. The Morgan fingerprint density at radius 1 is 1.00 bits per heavy atom. The zero-order valence-corrected chi connectivity index (χ0v) is 22.0. The van der Waals surface area contributed by atoms with E-state index in [1.807, 2.05) is 24.3 Å². The van der Waals surface area contributed by atoms with Gasteiger partial charge in [0.15, 0.2) is 6.61 Å². The van der Waals surface area contributed by atoms with Crippen LogP contribution in [-0.4, -0.2) is 57.9 Å². The van der Waals surface area contributed by atoms with Gasteiger partial charge in [-0.25, -0.2) is 4.79 Å². The van der Waals surface area contributed by atoms with Gasteiger partial charge in [-0.05, 0) is 45.6 Å². The van der Waals surface area contributed by atoms with Crippen LogP contribution in [0.4, 0.5) is 0 Å². The third-order valence-electron chi connectivity index (χ3n) is 8.56. The smallest absolute Gasteiger partial charge is 0.339 e. The summed E-state index contributed by atoms with van der Waals surface area (Å²) in [6, 6.07) is 8.77. The molecule has 6 heteroatoms. The van der Waals surface area contributed by atoms with Gasteiger partial charge in [0.25, 0.3) is 5.91 Å². The van der Waals surface area contributed by atoms with E-state index in [-0.39, 0.29) is 12.5 Å². The van der Waals surface area contributed by atoms with Gasteiger partial charge in [-0.2, -0.15) is 0 Å². The number of carbonyl (C=O) groups excluding carboxylic acids is 2. The Kier molecular flexibility index (Phi) is 7.90. The molecule has 2 heterocycles. The van der Waals surface area contributed by atoms with E-state index in [1.165, 1.54) is 38.5 Å². The maximum absolute atomic E-state index is 13.6. The van der Waals surface area contributed by atoms with Gasteiger partial charge in [-0.1, -0.05) is 56.7 Å². The van der Waals surface area contributed by atoms with Gasteiger partial charge in [0.2, 0.25) is 0 Å². The van der Waals surface area contributed by atoms with Crippen LogP contribution in [0.3, 0.4) is 0 Å². The average molecular weight is 492 g/mol. The van der Waals surface area contributed by atoms with Gasteiger partial charge in [0, 0.05) is 54.3 Å². The molecule has 36 heavy (non-hydrogen) atoms. The number of nitrogens with zero attached hydrogens (tertiary/aromatic N) is 3. The summed E-state index contributed by atoms with van der Waals surface area (Å²) in [5.41, 5.74) is 3.35. The highest BCUT2D eigenvalue weighted by Gasteiger charge is 2.34. The summed E-state index contributed by atoms with van der Waals surface area (Å²) in [5, 5.41) is 0.815. The second-order valence-electron chi connectivity index (χ2n) is 11.2. The lowest BCUT2D eigenvalue weighted by atomic mass is 9.88. The van der Waals surface area contributed by atoms with E-state index in [1.54, 1.807) is 0 Å². The largest absolute Gasteiger partial charge is 0.452 e. The van der Waals surface area contributed by atoms with E-state index in [4.69, 9.17) is 9.72 Å². The normalized spacial score (nSPS) is 19.9. The van der Waals surface area contributed by atoms with Crippen LogP contribution >= 0.6 is 0 Å². The van der Waals surface area contributed by atoms with Crippen molar-refractivity contribution in [2.24, 2.45) is 0 Å². The predicted octanol–water partition coefficient (Wildman–Crippen LogP) is 5.65. The van der Waals surface area contributed by atoms with E-state index < -0.39 is 5.97 Å². The Morgan fingerprint density at radius 2 is 1.64 bits per heavy atom. The first-order chi connectivity index (χ1) is 17.5. The number of para-hydroxylation sites is 1. The van der Waals surface area contributed by atoms with Gasteiger partial charge < -0.3 is 9.64 Å². The molecule has 0 spiro atoms. The molecule has 0 bridgehead atoms. The maximum atomic E-state index is 13.6. The first kappa shape index (κ1) is 25.2. The molecule has 1 aromatic carbocycles. The van der Waals surface area contributed by atoms with E-state index in [9.17, 15) is 9.59 Å². The van der Waals surface area contributed by atoms with Crippen LogP contribution in [0, 0.1) is 0 Å². The zero-order valence-electron chi connectivity index (χ0n) is 22.0. The molecule has 2 aliphatic carbocycles. The SMILES string of the molecule is CC(C)N1CCc2nc3ccccc3c(C(=O)OCC(=O)N(C3CCCCC3)C3CCCCC3)c2C1. The van der Waals surface area contributed by atoms with E-state index in [0.717, 1.165) is 60.8 Å². The summed E-state index contributed by atoms with van der Waals surface area (Å²) < 4.78 is 5.85. The van der Waals surface area contributed by atoms with Crippen LogP contribution in [-0.2, 0) is 22.5 Å². The van der Waals surface area contributed by atoms with Crippen molar-refractivity contribution in [2.45, 2.75) is 109 Å². The number of esters is 1. The minimum atomic E-state index is -0.393. The fourth-order valence-corrected chi connectivity index (χ4v) is 6.58. The first-order valence-corrected chi connectivity index (χ1v) is 14.2. The Bertz CT molecular complexity index is 1070. The topological polar surface area (TPSA) is 62.7 Å². The van der Waals surface area contributed by atoms with Crippen molar-refractivity contribution in [1.29, 1.82) is 0 Å². The molecule has 1 aliphatic heterocycles. The van der Waals surface area contributed by atoms with Crippen LogP contribution in [0.25, 0.3) is 10.9 Å². The summed E-state index contributed by atoms with van der Waals surface area (Å²) in [6.45, 7) is 5.80. The monoisotopic (exact) mass is 491 g/mol. The zero-order chi connectivity index (χ0) is 25.1. The molecule has 0 radical (unpaired) electrons. The average Bonchev–Trinajstić information content (AvgIpc) is 2.91. The summed E-state index contributed by atoms with van der Waals surface area (Å²) >= 11 is 0. The number of hydrogen-bond acceptors (Lipinski definition) is 5. The molecule has 0 atom stereocenters. The quantitative estimate of drug-likeness (QED) is 0.489. The lowest BCUT2D eigenvalue weighted by Gasteiger charge is -2.41. The van der Waals surface area contributed by atoms with Crippen molar-refractivity contribution in [1.82, 2.24) is 14.8 Å². The van der Waals surface area contributed by atoms with E-state index in [2.05, 4.69) is 23.6 Å². The molecule has 0 N–H and O–H groups in total. The molecule has 3 aliphatic rings. The standard InChI is InChI=1S/C30H41N3O3/c1-21(2)32-18-17-27-25(19-32)29(24-15-9-10-16-26(24)31-27)30(35)36-20-28(34)33(22-11-5-3-6-12-22)23-13-7-4-8-14-23/h9-10,15-16,21-23H,3-8,11-14,17-20H2,1-2H3.